The zero-order valence-corrected chi connectivity index (χ0v) is 17.3. The maximum Gasteiger partial charge on any atom is 0.0370 e. The fourth-order valence-electron chi connectivity index (χ4n) is 4.97. The summed E-state index contributed by atoms with van der Waals surface area (Å²) < 4.78 is 0. The van der Waals surface area contributed by atoms with Gasteiger partial charge >= 0.3 is 0 Å². The predicted octanol–water partition coefficient (Wildman–Crippen LogP) is 4.60. The highest BCUT2D eigenvalue weighted by atomic mass is 15.1. The van der Waals surface area contributed by atoms with Gasteiger partial charge in [0, 0.05) is 48.9 Å². The zero-order valence-electron chi connectivity index (χ0n) is 17.3. The van der Waals surface area contributed by atoms with Gasteiger partial charge in [-0.05, 0) is 98.9 Å². The molecule has 0 unspecified atom stereocenters. The van der Waals surface area contributed by atoms with Crippen molar-refractivity contribution >= 4 is 22.7 Å². The minimum absolute atomic E-state index is 0.876. The molecule has 0 aliphatic carbocycles. The van der Waals surface area contributed by atoms with Crippen LogP contribution in [0.25, 0.3) is 0 Å². The first-order chi connectivity index (χ1) is 13.5. The summed E-state index contributed by atoms with van der Waals surface area (Å²) in [5, 5.41) is 0. The third kappa shape index (κ3) is 3.91. The first-order valence-corrected chi connectivity index (χ1v) is 10.7. The van der Waals surface area contributed by atoms with Crippen molar-refractivity contribution in [3.8, 4) is 0 Å². The Morgan fingerprint density at radius 2 is 1.00 bits per heavy atom. The summed E-state index contributed by atoms with van der Waals surface area (Å²) in [4.78, 5) is 5.07. The summed E-state index contributed by atoms with van der Waals surface area (Å²) in [6, 6.07) is 12.9. The van der Waals surface area contributed by atoms with Crippen LogP contribution in [0.1, 0.15) is 36.8 Å². The predicted molar refractivity (Wildman–Crippen MR) is 121 cm³/mol. The monoisotopic (exact) mass is 378 g/mol. The van der Waals surface area contributed by atoms with E-state index in [1.807, 2.05) is 12.1 Å². The van der Waals surface area contributed by atoms with Gasteiger partial charge in [-0.25, -0.2) is 0 Å². The molecule has 0 amide bonds. The molecular formula is C24H34N4. The first-order valence-electron chi connectivity index (χ1n) is 10.7. The molecule has 2 heterocycles. The van der Waals surface area contributed by atoms with Crippen molar-refractivity contribution in [2.24, 2.45) is 11.8 Å². The van der Waals surface area contributed by atoms with Gasteiger partial charge in [-0.3, -0.25) is 0 Å². The van der Waals surface area contributed by atoms with Crippen molar-refractivity contribution in [1.82, 2.24) is 0 Å². The number of piperidine rings is 2. The number of hydrogen-bond donors (Lipinski definition) is 2. The molecule has 4 N–H and O–H groups in total. The van der Waals surface area contributed by atoms with Gasteiger partial charge in [-0.2, -0.15) is 0 Å². The molecule has 0 radical (unpaired) electrons. The Balaban J connectivity index is 1.30. The Morgan fingerprint density at radius 1 is 0.643 bits per heavy atom. The number of aryl methyl sites for hydroxylation is 2. The van der Waals surface area contributed by atoms with E-state index >= 15 is 0 Å². The molecule has 0 aromatic heterocycles. The van der Waals surface area contributed by atoms with Crippen LogP contribution in [0.4, 0.5) is 22.7 Å². The van der Waals surface area contributed by atoms with Gasteiger partial charge in [0.05, 0.1) is 0 Å². The van der Waals surface area contributed by atoms with E-state index in [1.165, 1.54) is 74.4 Å². The number of benzene rings is 2. The lowest BCUT2D eigenvalue weighted by Gasteiger charge is -2.41. The molecule has 28 heavy (non-hydrogen) atoms. The number of nitrogens with zero attached hydrogens (tertiary/aromatic N) is 2. The molecule has 2 fully saturated rings. The van der Waals surface area contributed by atoms with Crippen molar-refractivity contribution in [2.45, 2.75) is 39.5 Å². The standard InChI is InChI=1S/C24H34N4/c1-17-15-21(3-5-23(17)25)27-11-7-19(8-12-27)20-9-13-28(14-10-20)22-4-6-24(26)18(2)16-22/h3-6,15-16,19-20H,7-14,25-26H2,1-2H3. The average Bonchev–Trinajstić information content (AvgIpc) is 2.72. The minimum atomic E-state index is 0.876. The van der Waals surface area contributed by atoms with Gasteiger partial charge in [0.2, 0.25) is 0 Å². The Morgan fingerprint density at radius 3 is 1.32 bits per heavy atom. The van der Waals surface area contributed by atoms with Crippen LogP contribution in [0.5, 0.6) is 0 Å². The molecule has 4 nitrogen and oxygen atoms in total. The molecule has 2 aromatic carbocycles. The third-order valence-corrected chi connectivity index (χ3v) is 6.98. The van der Waals surface area contributed by atoms with Crippen molar-refractivity contribution in [2.75, 3.05) is 47.4 Å². The van der Waals surface area contributed by atoms with E-state index in [-0.39, 0.29) is 0 Å². The second-order valence-electron chi connectivity index (χ2n) is 8.73. The van der Waals surface area contributed by atoms with Crippen LogP contribution in [0.2, 0.25) is 0 Å². The minimum Gasteiger partial charge on any atom is -0.399 e. The molecule has 2 aromatic rings. The molecule has 2 aliphatic rings. The number of anilines is 4. The molecule has 4 rings (SSSR count). The number of nitrogens with two attached hydrogens (primary N) is 2. The molecule has 0 saturated carbocycles. The summed E-state index contributed by atoms with van der Waals surface area (Å²) in [7, 11) is 0. The normalized spacial score (nSPS) is 19.2. The Kier molecular flexibility index (Phi) is 5.38. The van der Waals surface area contributed by atoms with E-state index in [4.69, 9.17) is 11.5 Å². The molecule has 150 valence electrons. The Labute approximate surface area is 169 Å². The van der Waals surface area contributed by atoms with Gasteiger partial charge in [0.15, 0.2) is 0 Å². The smallest absolute Gasteiger partial charge is 0.0370 e. The Hall–Kier alpha value is -2.36. The van der Waals surface area contributed by atoms with E-state index in [0.717, 1.165) is 23.2 Å². The summed E-state index contributed by atoms with van der Waals surface area (Å²) in [6.07, 6.45) is 5.26. The topological polar surface area (TPSA) is 58.5 Å². The van der Waals surface area contributed by atoms with Crippen molar-refractivity contribution in [1.29, 1.82) is 0 Å². The Bertz CT molecular complexity index is 746. The summed E-state index contributed by atoms with van der Waals surface area (Å²) in [5.41, 5.74) is 18.8. The van der Waals surface area contributed by atoms with Gasteiger partial charge < -0.3 is 21.3 Å². The van der Waals surface area contributed by atoms with E-state index in [1.54, 1.807) is 0 Å². The number of rotatable bonds is 3. The molecule has 0 bridgehead atoms. The molecule has 2 aliphatic heterocycles. The van der Waals surface area contributed by atoms with Crippen LogP contribution in [-0.2, 0) is 0 Å². The van der Waals surface area contributed by atoms with Crippen LogP contribution in [-0.4, -0.2) is 26.2 Å². The lowest BCUT2D eigenvalue weighted by atomic mass is 9.78. The SMILES string of the molecule is Cc1cc(N2CCC(C3CCN(c4ccc(N)c(C)c4)CC3)CC2)ccc1N. The quantitative estimate of drug-likeness (QED) is 0.766. The van der Waals surface area contributed by atoms with Crippen LogP contribution in [0.15, 0.2) is 36.4 Å². The fourth-order valence-corrected chi connectivity index (χ4v) is 4.97. The number of nitrogen functional groups attached to an aromatic ring is 2. The molecule has 0 atom stereocenters. The molecular weight excluding hydrogens is 344 g/mol. The highest BCUT2D eigenvalue weighted by Crippen LogP contribution is 2.35. The van der Waals surface area contributed by atoms with Gasteiger partial charge in [-0.1, -0.05) is 0 Å². The zero-order chi connectivity index (χ0) is 19.7. The fraction of sp³-hybridized carbons (Fsp3) is 0.500. The van der Waals surface area contributed by atoms with Gasteiger partial charge in [-0.15, -0.1) is 0 Å². The summed E-state index contributed by atoms with van der Waals surface area (Å²) >= 11 is 0. The summed E-state index contributed by atoms with van der Waals surface area (Å²) in [5.74, 6) is 1.75. The lowest BCUT2D eigenvalue weighted by molar-refractivity contribution is 0.233. The highest BCUT2D eigenvalue weighted by Gasteiger charge is 2.29. The number of hydrogen-bond acceptors (Lipinski definition) is 4. The van der Waals surface area contributed by atoms with E-state index in [2.05, 4.69) is 47.9 Å². The second kappa shape index (κ2) is 7.94. The average molecular weight is 379 g/mol. The largest absolute Gasteiger partial charge is 0.399 e. The van der Waals surface area contributed by atoms with Crippen LogP contribution in [0.3, 0.4) is 0 Å². The molecule has 4 heteroatoms. The van der Waals surface area contributed by atoms with Gasteiger partial charge in [0.25, 0.3) is 0 Å². The third-order valence-electron chi connectivity index (χ3n) is 6.98. The molecule has 2 saturated heterocycles. The summed E-state index contributed by atoms with van der Waals surface area (Å²) in [6.45, 7) is 8.89. The van der Waals surface area contributed by atoms with Crippen LogP contribution in [0, 0.1) is 25.7 Å². The van der Waals surface area contributed by atoms with E-state index in [9.17, 15) is 0 Å². The maximum atomic E-state index is 5.98. The van der Waals surface area contributed by atoms with Crippen molar-refractivity contribution in [3.05, 3.63) is 47.5 Å². The van der Waals surface area contributed by atoms with Crippen LogP contribution < -0.4 is 21.3 Å². The van der Waals surface area contributed by atoms with Crippen molar-refractivity contribution < 1.29 is 0 Å². The van der Waals surface area contributed by atoms with E-state index < -0.39 is 0 Å². The van der Waals surface area contributed by atoms with Gasteiger partial charge in [0.1, 0.15) is 0 Å². The molecule has 0 spiro atoms. The second-order valence-corrected chi connectivity index (χ2v) is 8.73. The first kappa shape index (κ1) is 19.0. The highest BCUT2D eigenvalue weighted by molar-refractivity contribution is 5.59. The van der Waals surface area contributed by atoms with Crippen LogP contribution >= 0.6 is 0 Å². The van der Waals surface area contributed by atoms with Crippen molar-refractivity contribution in [3.63, 3.8) is 0 Å². The van der Waals surface area contributed by atoms with E-state index in [0.29, 0.717) is 0 Å². The maximum absolute atomic E-state index is 5.98. The lowest BCUT2D eigenvalue weighted by Crippen LogP contribution is -2.41.